The number of hydrogen-bond acceptors (Lipinski definition) is 1. The van der Waals surface area contributed by atoms with Crippen molar-refractivity contribution in [1.29, 1.82) is 0 Å². The van der Waals surface area contributed by atoms with Crippen molar-refractivity contribution >= 4 is 5.91 Å². The molecule has 20 heavy (non-hydrogen) atoms. The largest absolute Gasteiger partial charge is 0.343 e. The molecule has 110 valence electrons. The second-order valence-electron chi connectivity index (χ2n) is 5.97. The smallest absolute Gasteiger partial charge is 0.222 e. The van der Waals surface area contributed by atoms with Gasteiger partial charge in [0.15, 0.2) is 0 Å². The fourth-order valence-corrected chi connectivity index (χ4v) is 3.02. The zero-order valence-electron chi connectivity index (χ0n) is 12.7. The maximum absolute atomic E-state index is 12.1. The molecule has 1 aromatic carbocycles. The molecule has 1 fully saturated rings. The number of piperidine rings is 1. The van der Waals surface area contributed by atoms with Gasteiger partial charge in [-0.05, 0) is 37.2 Å². The van der Waals surface area contributed by atoms with Crippen molar-refractivity contribution in [3.05, 3.63) is 35.9 Å². The van der Waals surface area contributed by atoms with Gasteiger partial charge in [-0.2, -0.15) is 0 Å². The third-order valence-corrected chi connectivity index (χ3v) is 4.33. The standard InChI is InChI=1S/C18H27NO/c1-2-3-5-10-18(20)19-13-11-17(12-14-19)15-16-8-6-4-7-9-16/h4,6-9,17H,2-3,5,10-15H2,1H3. The molecule has 1 heterocycles. The Hall–Kier alpha value is -1.31. The highest BCUT2D eigenvalue weighted by Gasteiger charge is 2.22. The minimum atomic E-state index is 0.372. The van der Waals surface area contributed by atoms with Crippen LogP contribution in [0.4, 0.5) is 0 Å². The summed E-state index contributed by atoms with van der Waals surface area (Å²) in [5.74, 6) is 1.12. The predicted molar refractivity (Wildman–Crippen MR) is 83.6 cm³/mol. The van der Waals surface area contributed by atoms with Gasteiger partial charge in [-0.15, -0.1) is 0 Å². The summed E-state index contributed by atoms with van der Waals surface area (Å²) in [6, 6.07) is 10.7. The lowest BCUT2D eigenvalue weighted by Gasteiger charge is -2.32. The molecule has 0 spiro atoms. The van der Waals surface area contributed by atoms with E-state index in [2.05, 4.69) is 42.2 Å². The third-order valence-electron chi connectivity index (χ3n) is 4.33. The van der Waals surface area contributed by atoms with Gasteiger partial charge in [0.1, 0.15) is 0 Å². The quantitative estimate of drug-likeness (QED) is 0.716. The molecule has 2 heteroatoms. The summed E-state index contributed by atoms with van der Waals surface area (Å²) in [6.45, 7) is 4.10. The highest BCUT2D eigenvalue weighted by molar-refractivity contribution is 5.76. The summed E-state index contributed by atoms with van der Waals surface area (Å²) in [5.41, 5.74) is 1.43. The molecule has 0 unspecified atom stereocenters. The first-order valence-corrected chi connectivity index (χ1v) is 8.11. The van der Waals surface area contributed by atoms with Gasteiger partial charge in [-0.3, -0.25) is 4.79 Å². The molecular formula is C18H27NO. The molecule has 0 atom stereocenters. The van der Waals surface area contributed by atoms with Gasteiger partial charge < -0.3 is 4.90 Å². The van der Waals surface area contributed by atoms with Crippen molar-refractivity contribution in [2.45, 2.75) is 51.9 Å². The number of benzene rings is 1. The van der Waals surface area contributed by atoms with E-state index in [1.165, 1.54) is 24.8 Å². The Morgan fingerprint density at radius 3 is 2.50 bits per heavy atom. The Bertz CT molecular complexity index is 393. The van der Waals surface area contributed by atoms with Crippen LogP contribution < -0.4 is 0 Å². The Kier molecular flexibility index (Phi) is 6.10. The average Bonchev–Trinajstić information content (AvgIpc) is 2.49. The number of carbonyl (C=O) groups excluding carboxylic acids is 1. The Morgan fingerprint density at radius 1 is 1.15 bits per heavy atom. The molecule has 1 aromatic rings. The van der Waals surface area contributed by atoms with E-state index in [4.69, 9.17) is 0 Å². The number of amides is 1. The molecule has 1 saturated heterocycles. The van der Waals surface area contributed by atoms with Crippen LogP contribution in [0.25, 0.3) is 0 Å². The van der Waals surface area contributed by atoms with Crippen molar-refractivity contribution in [3.63, 3.8) is 0 Å². The molecule has 1 aliphatic heterocycles. The molecule has 2 rings (SSSR count). The van der Waals surface area contributed by atoms with Crippen LogP contribution >= 0.6 is 0 Å². The highest BCUT2D eigenvalue weighted by Crippen LogP contribution is 2.22. The number of unbranched alkanes of at least 4 members (excludes halogenated alkanes) is 2. The molecule has 1 aliphatic rings. The molecule has 0 aliphatic carbocycles. The van der Waals surface area contributed by atoms with Gasteiger partial charge >= 0.3 is 0 Å². The van der Waals surface area contributed by atoms with Crippen LogP contribution in [-0.4, -0.2) is 23.9 Å². The highest BCUT2D eigenvalue weighted by atomic mass is 16.2. The monoisotopic (exact) mass is 273 g/mol. The number of hydrogen-bond donors (Lipinski definition) is 0. The van der Waals surface area contributed by atoms with Crippen LogP contribution in [-0.2, 0) is 11.2 Å². The predicted octanol–water partition coefficient (Wildman–Crippen LogP) is 4.05. The van der Waals surface area contributed by atoms with E-state index in [0.29, 0.717) is 5.91 Å². The van der Waals surface area contributed by atoms with E-state index < -0.39 is 0 Å². The fraction of sp³-hybridized carbons (Fsp3) is 0.611. The van der Waals surface area contributed by atoms with Gasteiger partial charge in [-0.25, -0.2) is 0 Å². The topological polar surface area (TPSA) is 20.3 Å². The Morgan fingerprint density at radius 2 is 1.85 bits per heavy atom. The van der Waals surface area contributed by atoms with E-state index >= 15 is 0 Å². The lowest BCUT2D eigenvalue weighted by atomic mass is 9.90. The summed E-state index contributed by atoms with van der Waals surface area (Å²) in [6.07, 6.45) is 7.65. The maximum Gasteiger partial charge on any atom is 0.222 e. The van der Waals surface area contributed by atoms with Crippen LogP contribution in [0.5, 0.6) is 0 Å². The second-order valence-corrected chi connectivity index (χ2v) is 5.97. The van der Waals surface area contributed by atoms with Gasteiger partial charge in [-0.1, -0.05) is 50.1 Å². The summed E-state index contributed by atoms with van der Waals surface area (Å²) < 4.78 is 0. The first kappa shape index (κ1) is 15.1. The molecule has 0 bridgehead atoms. The second kappa shape index (κ2) is 8.08. The first-order valence-electron chi connectivity index (χ1n) is 8.11. The third kappa shape index (κ3) is 4.66. The molecular weight excluding hydrogens is 246 g/mol. The molecule has 0 radical (unpaired) electrons. The maximum atomic E-state index is 12.1. The van der Waals surface area contributed by atoms with Crippen molar-refractivity contribution in [2.75, 3.05) is 13.1 Å². The van der Waals surface area contributed by atoms with E-state index in [1.807, 2.05) is 0 Å². The van der Waals surface area contributed by atoms with Crippen LogP contribution in [0.1, 0.15) is 51.0 Å². The Labute approximate surface area is 123 Å². The zero-order valence-corrected chi connectivity index (χ0v) is 12.7. The Balaban J connectivity index is 1.71. The molecule has 2 nitrogen and oxygen atoms in total. The lowest BCUT2D eigenvalue weighted by Crippen LogP contribution is -2.38. The molecule has 0 N–H and O–H groups in total. The average molecular weight is 273 g/mol. The number of carbonyl (C=O) groups is 1. The summed E-state index contributed by atoms with van der Waals surface area (Å²) >= 11 is 0. The van der Waals surface area contributed by atoms with Crippen LogP contribution in [0.15, 0.2) is 30.3 Å². The lowest BCUT2D eigenvalue weighted by molar-refractivity contribution is -0.132. The SMILES string of the molecule is CCCCCC(=O)N1CCC(Cc2ccccc2)CC1. The van der Waals surface area contributed by atoms with Crippen molar-refractivity contribution in [3.8, 4) is 0 Å². The number of likely N-dealkylation sites (tertiary alicyclic amines) is 1. The zero-order chi connectivity index (χ0) is 14.2. The van der Waals surface area contributed by atoms with Gasteiger partial charge in [0.2, 0.25) is 5.91 Å². The normalized spacial score (nSPS) is 16.4. The summed E-state index contributed by atoms with van der Waals surface area (Å²) in [5, 5.41) is 0. The number of nitrogens with zero attached hydrogens (tertiary/aromatic N) is 1. The molecule has 0 aromatic heterocycles. The van der Waals surface area contributed by atoms with Gasteiger partial charge in [0.05, 0.1) is 0 Å². The van der Waals surface area contributed by atoms with Crippen molar-refractivity contribution in [1.82, 2.24) is 4.90 Å². The van der Waals surface area contributed by atoms with Gasteiger partial charge in [0, 0.05) is 19.5 Å². The van der Waals surface area contributed by atoms with Crippen LogP contribution in [0.3, 0.4) is 0 Å². The van der Waals surface area contributed by atoms with E-state index in [1.54, 1.807) is 0 Å². The summed E-state index contributed by atoms with van der Waals surface area (Å²) in [7, 11) is 0. The van der Waals surface area contributed by atoms with Crippen LogP contribution in [0, 0.1) is 5.92 Å². The van der Waals surface area contributed by atoms with Gasteiger partial charge in [0.25, 0.3) is 0 Å². The first-order chi connectivity index (χ1) is 9.79. The molecule has 1 amide bonds. The van der Waals surface area contributed by atoms with Crippen molar-refractivity contribution in [2.24, 2.45) is 5.92 Å². The van der Waals surface area contributed by atoms with Crippen LogP contribution in [0.2, 0.25) is 0 Å². The molecule has 0 saturated carbocycles. The minimum absolute atomic E-state index is 0.372. The van der Waals surface area contributed by atoms with E-state index in [9.17, 15) is 4.79 Å². The number of rotatable bonds is 6. The fourth-order valence-electron chi connectivity index (χ4n) is 3.02. The van der Waals surface area contributed by atoms with Crippen molar-refractivity contribution < 1.29 is 4.79 Å². The minimum Gasteiger partial charge on any atom is -0.343 e. The summed E-state index contributed by atoms with van der Waals surface area (Å²) in [4.78, 5) is 14.1. The van der Waals surface area contributed by atoms with E-state index in [-0.39, 0.29) is 0 Å². The van der Waals surface area contributed by atoms with E-state index in [0.717, 1.165) is 44.7 Å².